The number of amides is 1. The van der Waals surface area contributed by atoms with E-state index < -0.39 is 0 Å². The van der Waals surface area contributed by atoms with Gasteiger partial charge in [0.2, 0.25) is 5.91 Å². The molecule has 0 bridgehead atoms. The van der Waals surface area contributed by atoms with Crippen LogP contribution in [0.5, 0.6) is 0 Å². The van der Waals surface area contributed by atoms with Crippen LogP contribution < -0.4 is 16.0 Å². The Hall–Kier alpha value is -1.62. The summed E-state index contributed by atoms with van der Waals surface area (Å²) in [5.74, 6) is 0.389. The Balaban J connectivity index is 1.62. The molecule has 4 nitrogen and oxygen atoms in total. The van der Waals surface area contributed by atoms with Crippen LogP contribution in [-0.2, 0) is 4.79 Å². The first-order valence-corrected chi connectivity index (χ1v) is 9.10. The number of halogens is 1. The molecule has 1 saturated carbocycles. The van der Waals surface area contributed by atoms with Crippen LogP contribution in [0.3, 0.4) is 0 Å². The summed E-state index contributed by atoms with van der Waals surface area (Å²) in [6.45, 7) is 4.28. The fraction of sp³-hybridized carbons (Fsp3) is 0.632. The first kappa shape index (κ1) is 17.2. The quantitative estimate of drug-likeness (QED) is 0.890. The molecule has 1 heterocycles. The highest BCUT2D eigenvalue weighted by molar-refractivity contribution is 5.79. The largest absolute Gasteiger partial charge is 0.369 e. The molecule has 1 amide bonds. The van der Waals surface area contributed by atoms with Crippen molar-refractivity contribution in [2.45, 2.75) is 45.1 Å². The van der Waals surface area contributed by atoms with Gasteiger partial charge >= 0.3 is 0 Å². The maximum atomic E-state index is 13.3. The van der Waals surface area contributed by atoms with E-state index in [2.05, 4.69) is 10.2 Å². The lowest BCUT2D eigenvalue weighted by Gasteiger charge is -2.36. The highest BCUT2D eigenvalue weighted by Gasteiger charge is 2.33. The number of carbonyl (C=O) groups excluding carboxylic acids is 1. The number of nitrogens with one attached hydrogen (secondary N) is 1. The predicted molar refractivity (Wildman–Crippen MR) is 94.4 cm³/mol. The molecule has 3 rings (SSSR count). The third-order valence-corrected chi connectivity index (χ3v) is 5.57. The van der Waals surface area contributed by atoms with Gasteiger partial charge in [-0.05, 0) is 68.8 Å². The van der Waals surface area contributed by atoms with Crippen LogP contribution >= 0.6 is 0 Å². The van der Waals surface area contributed by atoms with E-state index in [4.69, 9.17) is 5.73 Å². The lowest BCUT2D eigenvalue weighted by Crippen LogP contribution is -2.50. The van der Waals surface area contributed by atoms with E-state index in [1.807, 2.05) is 13.0 Å². The van der Waals surface area contributed by atoms with E-state index in [1.165, 1.54) is 6.07 Å². The minimum atomic E-state index is -0.202. The Morgan fingerprint density at radius 2 is 2.17 bits per heavy atom. The van der Waals surface area contributed by atoms with E-state index in [1.54, 1.807) is 6.07 Å². The predicted octanol–water partition coefficient (Wildman–Crippen LogP) is 2.59. The molecule has 132 valence electrons. The van der Waals surface area contributed by atoms with Crippen molar-refractivity contribution in [1.82, 2.24) is 5.32 Å². The maximum Gasteiger partial charge on any atom is 0.223 e. The maximum absolute atomic E-state index is 13.3. The Morgan fingerprint density at radius 3 is 2.92 bits per heavy atom. The van der Waals surface area contributed by atoms with Crippen molar-refractivity contribution in [1.29, 1.82) is 0 Å². The summed E-state index contributed by atoms with van der Waals surface area (Å²) in [6, 6.07) is 5.09. The second kappa shape index (κ2) is 7.51. The van der Waals surface area contributed by atoms with Gasteiger partial charge in [-0.3, -0.25) is 4.79 Å². The number of aryl methyl sites for hydroxylation is 1. The minimum absolute atomic E-state index is 0.0814. The molecule has 3 atom stereocenters. The van der Waals surface area contributed by atoms with E-state index in [9.17, 15) is 9.18 Å². The molecule has 1 aromatic carbocycles. The number of nitrogens with zero attached hydrogens (tertiary/aromatic N) is 1. The fourth-order valence-corrected chi connectivity index (χ4v) is 4.26. The summed E-state index contributed by atoms with van der Waals surface area (Å²) in [5.41, 5.74) is 7.81. The van der Waals surface area contributed by atoms with Crippen LogP contribution in [0.25, 0.3) is 0 Å². The normalized spacial score (nSPS) is 27.3. The van der Waals surface area contributed by atoms with Crippen molar-refractivity contribution in [3.05, 3.63) is 29.6 Å². The van der Waals surface area contributed by atoms with Gasteiger partial charge in [0, 0.05) is 30.7 Å². The molecule has 1 aromatic rings. The third kappa shape index (κ3) is 3.72. The monoisotopic (exact) mass is 333 g/mol. The number of benzene rings is 1. The number of piperidine rings is 1. The van der Waals surface area contributed by atoms with Crippen molar-refractivity contribution in [2.75, 3.05) is 24.5 Å². The Bertz CT molecular complexity index is 592. The molecule has 1 aliphatic carbocycles. The SMILES string of the molecule is Cc1cc(F)ccc1N1CCCC(NC(=O)[C@@H]2CCC[C@@H]2CN)C1. The molecule has 24 heavy (non-hydrogen) atoms. The Morgan fingerprint density at radius 1 is 1.33 bits per heavy atom. The van der Waals surface area contributed by atoms with Gasteiger partial charge in [-0.1, -0.05) is 6.42 Å². The van der Waals surface area contributed by atoms with E-state index in [0.29, 0.717) is 12.5 Å². The second-order valence-corrected chi connectivity index (χ2v) is 7.26. The minimum Gasteiger partial charge on any atom is -0.369 e. The average Bonchev–Trinajstić information content (AvgIpc) is 3.04. The number of carbonyl (C=O) groups is 1. The highest BCUT2D eigenvalue weighted by atomic mass is 19.1. The van der Waals surface area contributed by atoms with Crippen LogP contribution in [0.4, 0.5) is 10.1 Å². The summed E-state index contributed by atoms with van der Waals surface area (Å²) in [6.07, 6.45) is 5.17. The van der Waals surface area contributed by atoms with Gasteiger partial charge in [0.05, 0.1) is 0 Å². The number of anilines is 1. The summed E-state index contributed by atoms with van der Waals surface area (Å²) in [7, 11) is 0. The van der Waals surface area contributed by atoms with Crippen molar-refractivity contribution < 1.29 is 9.18 Å². The molecule has 1 saturated heterocycles. The van der Waals surface area contributed by atoms with Gasteiger partial charge in [-0.25, -0.2) is 4.39 Å². The lowest BCUT2D eigenvalue weighted by atomic mass is 9.94. The molecule has 0 spiro atoms. The average molecular weight is 333 g/mol. The summed E-state index contributed by atoms with van der Waals surface area (Å²) in [4.78, 5) is 14.9. The van der Waals surface area contributed by atoms with E-state index >= 15 is 0 Å². The molecule has 0 radical (unpaired) electrons. The Kier molecular flexibility index (Phi) is 5.39. The van der Waals surface area contributed by atoms with Gasteiger partial charge in [0.25, 0.3) is 0 Å². The van der Waals surface area contributed by atoms with Crippen LogP contribution in [0.2, 0.25) is 0 Å². The smallest absolute Gasteiger partial charge is 0.223 e. The third-order valence-electron chi connectivity index (χ3n) is 5.57. The first-order valence-electron chi connectivity index (χ1n) is 9.10. The van der Waals surface area contributed by atoms with Gasteiger partial charge in [0.15, 0.2) is 0 Å². The van der Waals surface area contributed by atoms with Crippen molar-refractivity contribution in [3.63, 3.8) is 0 Å². The van der Waals surface area contributed by atoms with E-state index in [-0.39, 0.29) is 23.7 Å². The Labute approximate surface area is 143 Å². The number of hydrogen-bond donors (Lipinski definition) is 2. The first-order chi connectivity index (χ1) is 11.6. The zero-order chi connectivity index (χ0) is 17.1. The molecule has 2 aliphatic rings. The van der Waals surface area contributed by atoms with Gasteiger partial charge in [-0.2, -0.15) is 0 Å². The molecule has 2 fully saturated rings. The summed E-state index contributed by atoms with van der Waals surface area (Å²) < 4.78 is 13.3. The summed E-state index contributed by atoms with van der Waals surface area (Å²) in [5, 5.41) is 3.25. The summed E-state index contributed by atoms with van der Waals surface area (Å²) >= 11 is 0. The zero-order valence-electron chi connectivity index (χ0n) is 14.4. The highest BCUT2D eigenvalue weighted by Crippen LogP contribution is 2.31. The molecular formula is C19H28FN3O. The molecule has 3 N–H and O–H groups in total. The van der Waals surface area contributed by atoms with Gasteiger partial charge in [0.1, 0.15) is 5.82 Å². The number of rotatable bonds is 4. The fourth-order valence-electron chi connectivity index (χ4n) is 4.26. The zero-order valence-corrected chi connectivity index (χ0v) is 14.4. The van der Waals surface area contributed by atoms with Gasteiger partial charge in [-0.15, -0.1) is 0 Å². The van der Waals surface area contributed by atoms with Crippen LogP contribution in [0.1, 0.15) is 37.7 Å². The van der Waals surface area contributed by atoms with Crippen LogP contribution in [0, 0.1) is 24.6 Å². The standard InChI is InChI=1S/C19H28FN3O/c1-13-10-15(20)7-8-18(13)23-9-3-5-16(12-23)22-19(24)17-6-2-4-14(17)11-21/h7-8,10,14,16-17H,2-6,9,11-12,21H2,1H3,(H,22,24)/t14-,16?,17-/m1/s1. The van der Waals surface area contributed by atoms with E-state index in [0.717, 1.165) is 56.4 Å². The number of nitrogens with two attached hydrogens (primary N) is 1. The number of hydrogen-bond acceptors (Lipinski definition) is 3. The van der Waals surface area contributed by atoms with Crippen LogP contribution in [-0.4, -0.2) is 31.6 Å². The molecule has 0 aromatic heterocycles. The molecule has 5 heteroatoms. The molecular weight excluding hydrogens is 305 g/mol. The van der Waals surface area contributed by atoms with Crippen molar-refractivity contribution in [3.8, 4) is 0 Å². The van der Waals surface area contributed by atoms with Crippen LogP contribution in [0.15, 0.2) is 18.2 Å². The van der Waals surface area contributed by atoms with Gasteiger partial charge < -0.3 is 16.0 Å². The van der Waals surface area contributed by atoms with Crippen molar-refractivity contribution in [2.24, 2.45) is 17.6 Å². The van der Waals surface area contributed by atoms with Crippen molar-refractivity contribution >= 4 is 11.6 Å². The second-order valence-electron chi connectivity index (χ2n) is 7.26. The lowest BCUT2D eigenvalue weighted by molar-refractivity contribution is -0.126. The topological polar surface area (TPSA) is 58.4 Å². The molecule has 1 unspecified atom stereocenters. The molecule has 1 aliphatic heterocycles.